The number of benzene rings is 5. The molecule has 0 saturated carbocycles. The molecule has 5 aromatic carbocycles. The van der Waals surface area contributed by atoms with Crippen LogP contribution in [0.5, 0.6) is 0 Å². The quantitative estimate of drug-likeness (QED) is 0.208. The van der Waals surface area contributed by atoms with E-state index < -0.39 is 0 Å². The van der Waals surface area contributed by atoms with Crippen molar-refractivity contribution in [3.8, 4) is 33.4 Å². The standard InChI is InChI=1S/C31H19Br/c32-29-19-9-18-28-30(29)24-14-5-8-17-27(24)31(28)25-15-6-3-12-22(25)20-10-1-2-11-21(20)23-13-4-7-16-26(23)31/h1-19H. The molecule has 0 aromatic heterocycles. The molecule has 0 bridgehead atoms. The summed E-state index contributed by atoms with van der Waals surface area (Å²) < 4.78 is 1.15. The maximum Gasteiger partial charge on any atom is 0.0725 e. The topological polar surface area (TPSA) is 0 Å². The molecule has 0 aliphatic heterocycles. The monoisotopic (exact) mass is 470 g/mol. The van der Waals surface area contributed by atoms with Crippen LogP contribution < -0.4 is 0 Å². The van der Waals surface area contributed by atoms with Gasteiger partial charge >= 0.3 is 0 Å². The Bertz CT molecular complexity index is 1480. The van der Waals surface area contributed by atoms with E-state index in [4.69, 9.17) is 0 Å². The fraction of sp³-hybridized carbons (Fsp3) is 0.0323. The summed E-state index contributed by atoms with van der Waals surface area (Å²) in [5.74, 6) is 0. The minimum atomic E-state index is -0.373. The molecule has 1 spiro atoms. The maximum absolute atomic E-state index is 3.89. The number of hydrogen-bond donors (Lipinski definition) is 0. The molecule has 0 heterocycles. The SMILES string of the molecule is Brc1cccc2c1-c1ccccc1C21c2ccccc2-c2ccccc2-c2ccccc21. The van der Waals surface area contributed by atoms with Crippen LogP contribution in [-0.4, -0.2) is 0 Å². The summed E-state index contributed by atoms with van der Waals surface area (Å²) >= 11 is 3.89. The van der Waals surface area contributed by atoms with E-state index in [-0.39, 0.29) is 5.41 Å². The lowest BCUT2D eigenvalue weighted by Crippen LogP contribution is -2.29. The molecule has 5 aromatic rings. The fourth-order valence-electron chi connectivity index (χ4n) is 6.05. The second-order valence-corrected chi connectivity index (χ2v) is 9.45. The highest BCUT2D eigenvalue weighted by Gasteiger charge is 2.49. The van der Waals surface area contributed by atoms with Crippen LogP contribution >= 0.6 is 15.9 Å². The van der Waals surface area contributed by atoms with Gasteiger partial charge in [-0.15, -0.1) is 0 Å². The minimum absolute atomic E-state index is 0.373. The van der Waals surface area contributed by atoms with Crippen molar-refractivity contribution >= 4 is 15.9 Å². The van der Waals surface area contributed by atoms with Crippen LogP contribution in [0, 0.1) is 0 Å². The van der Waals surface area contributed by atoms with Gasteiger partial charge in [0.1, 0.15) is 0 Å². The normalized spacial score (nSPS) is 14.0. The van der Waals surface area contributed by atoms with Gasteiger partial charge in [-0.2, -0.15) is 0 Å². The Labute approximate surface area is 196 Å². The molecular weight excluding hydrogens is 452 g/mol. The van der Waals surface area contributed by atoms with Crippen molar-refractivity contribution < 1.29 is 0 Å². The van der Waals surface area contributed by atoms with Crippen molar-refractivity contribution in [2.24, 2.45) is 0 Å². The Balaban J connectivity index is 1.79. The van der Waals surface area contributed by atoms with Crippen LogP contribution in [0.25, 0.3) is 33.4 Å². The number of fused-ring (bicyclic) bond motifs is 12. The Kier molecular flexibility index (Phi) is 3.72. The van der Waals surface area contributed by atoms with Crippen molar-refractivity contribution in [2.75, 3.05) is 0 Å². The molecule has 0 atom stereocenters. The Morgan fingerprint density at radius 3 is 1.34 bits per heavy atom. The van der Waals surface area contributed by atoms with Crippen molar-refractivity contribution in [3.05, 3.63) is 142 Å². The molecule has 0 nitrogen and oxygen atoms in total. The van der Waals surface area contributed by atoms with Crippen LogP contribution in [0.15, 0.2) is 120 Å². The number of hydrogen-bond acceptors (Lipinski definition) is 0. The van der Waals surface area contributed by atoms with Gasteiger partial charge in [-0.25, -0.2) is 0 Å². The average Bonchev–Trinajstić information content (AvgIpc) is 3.10. The average molecular weight is 471 g/mol. The maximum atomic E-state index is 3.89. The summed E-state index contributed by atoms with van der Waals surface area (Å²) in [4.78, 5) is 0. The lowest BCUT2D eigenvalue weighted by molar-refractivity contribution is 0.775. The first kappa shape index (κ1) is 18.2. The molecule has 32 heavy (non-hydrogen) atoms. The van der Waals surface area contributed by atoms with Crippen LogP contribution in [0.4, 0.5) is 0 Å². The molecular formula is C31H19Br. The second kappa shape index (κ2) is 6.54. The third kappa shape index (κ3) is 2.12. The Hall–Kier alpha value is -3.42. The minimum Gasteiger partial charge on any atom is -0.0619 e. The zero-order chi connectivity index (χ0) is 21.3. The van der Waals surface area contributed by atoms with Gasteiger partial charge in [-0.1, -0.05) is 125 Å². The zero-order valence-electron chi connectivity index (χ0n) is 17.3. The summed E-state index contributed by atoms with van der Waals surface area (Å²) in [7, 11) is 0. The van der Waals surface area contributed by atoms with E-state index in [2.05, 4.69) is 131 Å². The zero-order valence-corrected chi connectivity index (χ0v) is 18.9. The van der Waals surface area contributed by atoms with Gasteiger partial charge in [0.05, 0.1) is 5.41 Å². The third-order valence-electron chi connectivity index (χ3n) is 7.19. The molecule has 0 radical (unpaired) electrons. The van der Waals surface area contributed by atoms with Gasteiger partial charge in [0.2, 0.25) is 0 Å². The predicted molar refractivity (Wildman–Crippen MR) is 136 cm³/mol. The molecule has 2 aliphatic carbocycles. The molecule has 0 unspecified atom stereocenters. The Morgan fingerprint density at radius 1 is 0.375 bits per heavy atom. The first-order valence-electron chi connectivity index (χ1n) is 11.0. The molecule has 0 N–H and O–H groups in total. The summed E-state index contributed by atoms with van der Waals surface area (Å²) in [5, 5.41) is 0. The van der Waals surface area contributed by atoms with Gasteiger partial charge in [0, 0.05) is 10.0 Å². The first-order chi connectivity index (χ1) is 15.8. The largest absolute Gasteiger partial charge is 0.0725 e. The Morgan fingerprint density at radius 2 is 0.781 bits per heavy atom. The van der Waals surface area contributed by atoms with Crippen LogP contribution in [0.3, 0.4) is 0 Å². The van der Waals surface area contributed by atoms with Gasteiger partial charge in [0.25, 0.3) is 0 Å². The molecule has 1 heteroatoms. The van der Waals surface area contributed by atoms with Crippen molar-refractivity contribution in [1.29, 1.82) is 0 Å². The van der Waals surface area contributed by atoms with Crippen molar-refractivity contribution in [3.63, 3.8) is 0 Å². The highest BCUT2D eigenvalue weighted by molar-refractivity contribution is 9.10. The van der Waals surface area contributed by atoms with Gasteiger partial charge in [0.15, 0.2) is 0 Å². The van der Waals surface area contributed by atoms with E-state index in [1.165, 1.54) is 55.6 Å². The number of rotatable bonds is 0. The van der Waals surface area contributed by atoms with Crippen molar-refractivity contribution in [2.45, 2.75) is 5.41 Å². The summed E-state index contributed by atoms with van der Waals surface area (Å²) in [5.41, 5.74) is 12.9. The van der Waals surface area contributed by atoms with E-state index in [1.54, 1.807) is 0 Å². The molecule has 2 aliphatic rings. The van der Waals surface area contributed by atoms with E-state index >= 15 is 0 Å². The molecule has 0 fully saturated rings. The van der Waals surface area contributed by atoms with E-state index in [1.807, 2.05) is 0 Å². The molecule has 0 amide bonds. The summed E-state index contributed by atoms with van der Waals surface area (Å²) in [6, 6.07) is 42.4. The lowest BCUT2D eigenvalue weighted by atomic mass is 9.66. The summed E-state index contributed by atoms with van der Waals surface area (Å²) in [6.45, 7) is 0. The second-order valence-electron chi connectivity index (χ2n) is 8.59. The van der Waals surface area contributed by atoms with Crippen LogP contribution in [0.1, 0.15) is 22.3 Å². The van der Waals surface area contributed by atoms with E-state index in [0.717, 1.165) is 4.47 Å². The van der Waals surface area contributed by atoms with Crippen LogP contribution in [0.2, 0.25) is 0 Å². The molecule has 150 valence electrons. The fourth-order valence-corrected chi connectivity index (χ4v) is 6.63. The molecule has 0 saturated heterocycles. The van der Waals surface area contributed by atoms with E-state index in [0.29, 0.717) is 0 Å². The van der Waals surface area contributed by atoms with Crippen LogP contribution in [-0.2, 0) is 5.41 Å². The highest BCUT2D eigenvalue weighted by atomic mass is 79.9. The summed E-state index contributed by atoms with van der Waals surface area (Å²) in [6.07, 6.45) is 0. The van der Waals surface area contributed by atoms with Crippen molar-refractivity contribution in [1.82, 2.24) is 0 Å². The van der Waals surface area contributed by atoms with Gasteiger partial charge < -0.3 is 0 Å². The number of halogens is 1. The molecule has 7 rings (SSSR count). The third-order valence-corrected chi connectivity index (χ3v) is 7.85. The smallest absolute Gasteiger partial charge is 0.0619 e. The van der Waals surface area contributed by atoms with E-state index in [9.17, 15) is 0 Å². The van der Waals surface area contributed by atoms with Gasteiger partial charge in [-0.3, -0.25) is 0 Å². The first-order valence-corrected chi connectivity index (χ1v) is 11.8. The highest BCUT2D eigenvalue weighted by Crippen LogP contribution is 2.62. The lowest BCUT2D eigenvalue weighted by Gasteiger charge is -2.35. The van der Waals surface area contributed by atoms with Gasteiger partial charge in [-0.05, 0) is 56.1 Å². The predicted octanol–water partition coefficient (Wildman–Crippen LogP) is 8.46.